The van der Waals surface area contributed by atoms with Crippen LogP contribution in [0.3, 0.4) is 0 Å². The number of alkyl halides is 3. The standard InChI is InChI=1S/C17H15ClF3N5/c18-16-24-14(23-11-7-5-10(6-8-11)17(19,20)21)13-15(25-16)26(9-22-13)12-3-1-2-4-12/h5-9,12H,1-4H2,(H,23,24,25). The van der Waals surface area contributed by atoms with Crippen molar-refractivity contribution in [3.05, 3.63) is 41.4 Å². The Morgan fingerprint density at radius 2 is 1.77 bits per heavy atom. The molecule has 1 N–H and O–H groups in total. The lowest BCUT2D eigenvalue weighted by Gasteiger charge is -2.12. The molecule has 0 amide bonds. The SMILES string of the molecule is FC(F)(F)c1ccc(Nc2nc(Cl)nc3c2ncn3C2CCCC2)cc1. The summed E-state index contributed by atoms with van der Waals surface area (Å²) in [5.41, 5.74) is 0.927. The van der Waals surface area contributed by atoms with Crippen LogP contribution in [0.2, 0.25) is 5.28 Å². The van der Waals surface area contributed by atoms with Crippen LogP contribution in [-0.2, 0) is 6.18 Å². The molecule has 3 aromatic rings. The first-order chi connectivity index (χ1) is 12.4. The molecule has 0 spiro atoms. The highest BCUT2D eigenvalue weighted by atomic mass is 35.5. The number of nitrogens with zero attached hydrogens (tertiary/aromatic N) is 4. The zero-order chi connectivity index (χ0) is 18.3. The van der Waals surface area contributed by atoms with Crippen molar-refractivity contribution in [3.8, 4) is 0 Å². The summed E-state index contributed by atoms with van der Waals surface area (Å²) in [6.07, 6.45) is 1.82. The fourth-order valence-electron chi connectivity index (χ4n) is 3.31. The molecule has 1 saturated carbocycles. The van der Waals surface area contributed by atoms with E-state index < -0.39 is 11.7 Å². The van der Waals surface area contributed by atoms with Crippen molar-refractivity contribution < 1.29 is 13.2 Å². The van der Waals surface area contributed by atoms with E-state index in [4.69, 9.17) is 11.6 Å². The fraction of sp³-hybridized carbons (Fsp3) is 0.353. The Morgan fingerprint density at radius 1 is 1.08 bits per heavy atom. The van der Waals surface area contributed by atoms with E-state index in [1.807, 2.05) is 4.57 Å². The summed E-state index contributed by atoms with van der Waals surface area (Å²) >= 11 is 6.06. The molecule has 2 aromatic heterocycles. The molecule has 1 aliphatic carbocycles. The number of rotatable bonds is 3. The smallest absolute Gasteiger partial charge is 0.338 e. The molecule has 9 heteroatoms. The highest BCUT2D eigenvalue weighted by molar-refractivity contribution is 6.28. The number of nitrogens with one attached hydrogen (secondary N) is 1. The van der Waals surface area contributed by atoms with Crippen LogP contribution in [0.5, 0.6) is 0 Å². The van der Waals surface area contributed by atoms with Gasteiger partial charge in [-0.25, -0.2) is 4.98 Å². The van der Waals surface area contributed by atoms with Crippen LogP contribution in [0.15, 0.2) is 30.6 Å². The molecule has 0 unspecified atom stereocenters. The third-order valence-electron chi connectivity index (χ3n) is 4.59. The molecule has 0 radical (unpaired) electrons. The average Bonchev–Trinajstić information content (AvgIpc) is 3.23. The van der Waals surface area contributed by atoms with Crippen LogP contribution in [-0.4, -0.2) is 19.5 Å². The highest BCUT2D eigenvalue weighted by Gasteiger charge is 2.30. The van der Waals surface area contributed by atoms with Crippen LogP contribution in [0.25, 0.3) is 11.2 Å². The molecule has 0 atom stereocenters. The van der Waals surface area contributed by atoms with E-state index in [0.29, 0.717) is 28.7 Å². The Labute approximate surface area is 152 Å². The van der Waals surface area contributed by atoms with Gasteiger partial charge in [-0.05, 0) is 48.7 Å². The Kier molecular flexibility index (Phi) is 4.22. The monoisotopic (exact) mass is 381 g/mol. The minimum absolute atomic E-state index is 0.0617. The lowest BCUT2D eigenvalue weighted by atomic mass is 10.2. The number of aromatic nitrogens is 4. The van der Waals surface area contributed by atoms with Gasteiger partial charge in [0.05, 0.1) is 11.9 Å². The van der Waals surface area contributed by atoms with Crippen molar-refractivity contribution in [1.82, 2.24) is 19.5 Å². The van der Waals surface area contributed by atoms with Gasteiger partial charge in [-0.15, -0.1) is 0 Å². The van der Waals surface area contributed by atoms with E-state index in [1.165, 1.54) is 25.0 Å². The topological polar surface area (TPSA) is 55.6 Å². The fourth-order valence-corrected chi connectivity index (χ4v) is 3.47. The summed E-state index contributed by atoms with van der Waals surface area (Å²) in [5, 5.41) is 3.05. The first-order valence-corrected chi connectivity index (χ1v) is 8.64. The number of anilines is 2. The zero-order valence-electron chi connectivity index (χ0n) is 13.6. The van der Waals surface area contributed by atoms with Crippen molar-refractivity contribution in [2.75, 3.05) is 5.32 Å². The molecule has 0 aliphatic heterocycles. The van der Waals surface area contributed by atoms with E-state index in [0.717, 1.165) is 25.0 Å². The van der Waals surface area contributed by atoms with Gasteiger partial charge in [0, 0.05) is 11.7 Å². The number of halogens is 4. The maximum atomic E-state index is 12.7. The molecular formula is C17H15ClF3N5. The first kappa shape index (κ1) is 17.1. The van der Waals surface area contributed by atoms with E-state index >= 15 is 0 Å². The number of benzene rings is 1. The predicted octanol–water partition coefficient (Wildman–Crippen LogP) is 5.36. The van der Waals surface area contributed by atoms with Crippen LogP contribution >= 0.6 is 11.6 Å². The van der Waals surface area contributed by atoms with Gasteiger partial charge in [0.25, 0.3) is 0 Å². The van der Waals surface area contributed by atoms with E-state index in [2.05, 4.69) is 20.3 Å². The van der Waals surface area contributed by atoms with Crippen molar-refractivity contribution in [2.45, 2.75) is 37.9 Å². The van der Waals surface area contributed by atoms with Crippen LogP contribution in [0.4, 0.5) is 24.7 Å². The summed E-state index contributed by atoms with van der Waals surface area (Å²) in [7, 11) is 0. The van der Waals surface area contributed by atoms with Gasteiger partial charge in [0.15, 0.2) is 17.0 Å². The lowest BCUT2D eigenvalue weighted by Crippen LogP contribution is -2.06. The maximum absolute atomic E-state index is 12.7. The van der Waals surface area contributed by atoms with Gasteiger partial charge in [-0.3, -0.25) is 0 Å². The lowest BCUT2D eigenvalue weighted by molar-refractivity contribution is -0.137. The molecular weight excluding hydrogens is 367 g/mol. The number of hydrogen-bond acceptors (Lipinski definition) is 4. The molecule has 4 rings (SSSR count). The molecule has 136 valence electrons. The molecule has 1 aliphatic rings. The van der Waals surface area contributed by atoms with Gasteiger partial charge < -0.3 is 9.88 Å². The Balaban J connectivity index is 1.68. The number of hydrogen-bond donors (Lipinski definition) is 1. The van der Waals surface area contributed by atoms with Crippen molar-refractivity contribution >= 4 is 34.3 Å². The second-order valence-corrected chi connectivity index (χ2v) is 6.64. The third kappa shape index (κ3) is 3.21. The molecule has 2 heterocycles. The number of imidazole rings is 1. The van der Waals surface area contributed by atoms with Crippen molar-refractivity contribution in [1.29, 1.82) is 0 Å². The normalized spacial score (nSPS) is 15.7. The summed E-state index contributed by atoms with van der Waals surface area (Å²) in [6.45, 7) is 0. The van der Waals surface area contributed by atoms with Gasteiger partial charge in [-0.2, -0.15) is 23.1 Å². The maximum Gasteiger partial charge on any atom is 0.416 e. The minimum atomic E-state index is -4.37. The van der Waals surface area contributed by atoms with Crippen LogP contribution in [0.1, 0.15) is 37.3 Å². The number of fused-ring (bicyclic) bond motifs is 1. The molecule has 26 heavy (non-hydrogen) atoms. The van der Waals surface area contributed by atoms with E-state index in [9.17, 15) is 13.2 Å². The van der Waals surface area contributed by atoms with Crippen LogP contribution < -0.4 is 5.32 Å². The highest BCUT2D eigenvalue weighted by Crippen LogP contribution is 2.34. The zero-order valence-corrected chi connectivity index (χ0v) is 14.3. The Morgan fingerprint density at radius 3 is 2.42 bits per heavy atom. The Hall–Kier alpha value is -2.35. The van der Waals surface area contributed by atoms with E-state index in [1.54, 1.807) is 6.33 Å². The van der Waals surface area contributed by atoms with Gasteiger partial charge in [-0.1, -0.05) is 12.8 Å². The first-order valence-electron chi connectivity index (χ1n) is 8.26. The largest absolute Gasteiger partial charge is 0.416 e. The van der Waals surface area contributed by atoms with Gasteiger partial charge in [0.2, 0.25) is 5.28 Å². The molecule has 1 fully saturated rings. The van der Waals surface area contributed by atoms with Crippen molar-refractivity contribution in [3.63, 3.8) is 0 Å². The van der Waals surface area contributed by atoms with Gasteiger partial charge in [0.1, 0.15) is 0 Å². The molecule has 1 aromatic carbocycles. The Bertz CT molecular complexity index is 930. The van der Waals surface area contributed by atoms with Crippen LogP contribution in [0, 0.1) is 0 Å². The molecule has 5 nitrogen and oxygen atoms in total. The van der Waals surface area contributed by atoms with Crippen molar-refractivity contribution in [2.24, 2.45) is 0 Å². The molecule has 0 bridgehead atoms. The second-order valence-electron chi connectivity index (χ2n) is 6.30. The third-order valence-corrected chi connectivity index (χ3v) is 4.76. The second kappa shape index (κ2) is 6.42. The molecule has 0 saturated heterocycles. The van der Waals surface area contributed by atoms with Gasteiger partial charge >= 0.3 is 6.18 Å². The quantitative estimate of drug-likeness (QED) is 0.621. The minimum Gasteiger partial charge on any atom is -0.338 e. The van der Waals surface area contributed by atoms with E-state index in [-0.39, 0.29) is 5.28 Å². The predicted molar refractivity (Wildman–Crippen MR) is 92.6 cm³/mol. The summed E-state index contributed by atoms with van der Waals surface area (Å²) < 4.78 is 40.1. The summed E-state index contributed by atoms with van der Waals surface area (Å²) in [5.74, 6) is 0.372. The summed E-state index contributed by atoms with van der Waals surface area (Å²) in [4.78, 5) is 12.8. The average molecular weight is 382 g/mol. The summed E-state index contributed by atoms with van der Waals surface area (Å²) in [6, 6.07) is 5.06.